The molecule has 10 heavy (non-hydrogen) atoms. The fourth-order valence-corrected chi connectivity index (χ4v) is 2.54. The van der Waals surface area contributed by atoms with Gasteiger partial charge in [-0.2, -0.15) is 0 Å². The van der Waals surface area contributed by atoms with Crippen LogP contribution in [0.25, 0.3) is 0 Å². The zero-order valence-electron chi connectivity index (χ0n) is 6.01. The number of rotatable bonds is 6. The van der Waals surface area contributed by atoms with Gasteiger partial charge in [0.25, 0.3) is 0 Å². The van der Waals surface area contributed by atoms with E-state index in [2.05, 4.69) is 6.08 Å². The molecule has 1 nitrogen and oxygen atoms in total. The third-order valence-electron chi connectivity index (χ3n) is 1.28. The predicted molar refractivity (Wildman–Crippen MR) is 51.3 cm³/mol. The van der Waals surface area contributed by atoms with E-state index in [1.54, 1.807) is 5.57 Å². The molecule has 1 rings (SSSR count). The van der Waals surface area contributed by atoms with Gasteiger partial charge in [0.05, 0.1) is 0 Å². The highest BCUT2D eigenvalue weighted by molar-refractivity contribution is 8.76. The van der Waals surface area contributed by atoms with Crippen molar-refractivity contribution in [1.29, 1.82) is 0 Å². The first-order valence-corrected chi connectivity index (χ1v) is 6.04. The van der Waals surface area contributed by atoms with E-state index in [-0.39, 0.29) is 0 Å². The summed E-state index contributed by atoms with van der Waals surface area (Å²) in [7, 11) is 3.83. The summed E-state index contributed by atoms with van der Waals surface area (Å²) in [6.07, 6.45) is 4.87. The quantitative estimate of drug-likeness (QED) is 0.380. The minimum atomic E-state index is 0.806. The van der Waals surface area contributed by atoms with Crippen molar-refractivity contribution in [3.63, 3.8) is 0 Å². The molecular weight excluding hydrogens is 162 g/mol. The summed E-state index contributed by atoms with van der Waals surface area (Å²) in [5, 5.41) is 0. The molecule has 1 aliphatic rings. The highest BCUT2D eigenvalue weighted by atomic mass is 33.1. The number of hydrogen-bond donors (Lipinski definition) is 1. The molecular formula is C7H13NS2. The molecule has 0 radical (unpaired) electrons. The van der Waals surface area contributed by atoms with Gasteiger partial charge in [-0.05, 0) is 12.8 Å². The van der Waals surface area contributed by atoms with E-state index in [1.165, 1.54) is 18.6 Å². The molecule has 0 amide bonds. The van der Waals surface area contributed by atoms with Crippen LogP contribution < -0.4 is 5.73 Å². The minimum absolute atomic E-state index is 0.806. The average Bonchev–Trinajstić information content (AvgIpc) is 2.71. The normalized spacial score (nSPS) is 15.1. The maximum Gasteiger partial charge on any atom is 0.0160 e. The van der Waals surface area contributed by atoms with Gasteiger partial charge in [0.15, 0.2) is 0 Å². The van der Waals surface area contributed by atoms with Crippen molar-refractivity contribution in [3.8, 4) is 0 Å². The summed E-state index contributed by atoms with van der Waals surface area (Å²) in [6.45, 7) is 0.806. The number of hydrogen-bond acceptors (Lipinski definition) is 3. The molecule has 0 heterocycles. The van der Waals surface area contributed by atoms with E-state index < -0.39 is 0 Å². The Morgan fingerprint density at radius 1 is 1.40 bits per heavy atom. The number of nitrogens with two attached hydrogens (primary N) is 1. The first kappa shape index (κ1) is 8.50. The number of allylic oxidation sites excluding steroid dienone is 2. The molecule has 0 atom stereocenters. The molecule has 3 heteroatoms. The summed E-state index contributed by atoms with van der Waals surface area (Å²) in [4.78, 5) is 0. The van der Waals surface area contributed by atoms with Crippen molar-refractivity contribution >= 4 is 21.6 Å². The molecule has 58 valence electrons. The molecule has 0 fully saturated rings. The Hall–Kier alpha value is 0.400. The highest BCUT2D eigenvalue weighted by Crippen LogP contribution is 2.28. The monoisotopic (exact) mass is 175 g/mol. The van der Waals surface area contributed by atoms with Crippen molar-refractivity contribution in [2.45, 2.75) is 12.8 Å². The van der Waals surface area contributed by atoms with E-state index in [1.807, 2.05) is 21.6 Å². The fourth-order valence-electron chi connectivity index (χ4n) is 0.615. The van der Waals surface area contributed by atoms with Gasteiger partial charge in [0, 0.05) is 18.1 Å². The summed E-state index contributed by atoms with van der Waals surface area (Å²) < 4.78 is 0. The topological polar surface area (TPSA) is 26.0 Å². The Labute approximate surface area is 70.2 Å². The van der Waals surface area contributed by atoms with Crippen LogP contribution in [-0.2, 0) is 0 Å². The standard InChI is InChI=1S/C7H13NS2/c8-4-6-10-9-5-3-7-1-2-7/h1H,2-6,8H2. The van der Waals surface area contributed by atoms with Crippen LogP contribution in [0.3, 0.4) is 0 Å². The van der Waals surface area contributed by atoms with Gasteiger partial charge in [-0.15, -0.1) is 0 Å². The molecule has 0 saturated heterocycles. The zero-order valence-corrected chi connectivity index (χ0v) is 7.64. The van der Waals surface area contributed by atoms with Gasteiger partial charge in [0.1, 0.15) is 0 Å². The van der Waals surface area contributed by atoms with Crippen molar-refractivity contribution in [1.82, 2.24) is 0 Å². The zero-order chi connectivity index (χ0) is 7.23. The van der Waals surface area contributed by atoms with E-state index in [0.29, 0.717) is 0 Å². The second-order valence-electron chi connectivity index (χ2n) is 2.25. The van der Waals surface area contributed by atoms with Crippen LogP contribution in [0.15, 0.2) is 11.6 Å². The van der Waals surface area contributed by atoms with Crippen LogP contribution >= 0.6 is 21.6 Å². The highest BCUT2D eigenvalue weighted by Gasteiger charge is 2.05. The van der Waals surface area contributed by atoms with Gasteiger partial charge in [0.2, 0.25) is 0 Å². The summed E-state index contributed by atoms with van der Waals surface area (Å²) in [5.74, 6) is 2.35. The SMILES string of the molecule is NCCSSCCC1=CC1. The lowest BCUT2D eigenvalue weighted by Crippen LogP contribution is -1.99. The van der Waals surface area contributed by atoms with E-state index in [0.717, 1.165) is 12.3 Å². The Morgan fingerprint density at radius 3 is 2.70 bits per heavy atom. The second-order valence-corrected chi connectivity index (χ2v) is 4.95. The Kier molecular flexibility index (Phi) is 4.34. The van der Waals surface area contributed by atoms with Gasteiger partial charge >= 0.3 is 0 Å². The molecule has 1 aliphatic carbocycles. The Morgan fingerprint density at radius 2 is 2.10 bits per heavy atom. The molecule has 0 saturated carbocycles. The average molecular weight is 175 g/mol. The van der Waals surface area contributed by atoms with Gasteiger partial charge < -0.3 is 5.73 Å². The molecule has 0 aromatic heterocycles. The van der Waals surface area contributed by atoms with Gasteiger partial charge in [-0.3, -0.25) is 0 Å². The van der Waals surface area contributed by atoms with E-state index in [4.69, 9.17) is 5.73 Å². The summed E-state index contributed by atoms with van der Waals surface area (Å²) in [5.41, 5.74) is 6.98. The third kappa shape index (κ3) is 4.25. The lowest BCUT2D eigenvalue weighted by atomic mass is 10.4. The predicted octanol–water partition coefficient (Wildman–Crippen LogP) is 2.05. The molecule has 0 aromatic carbocycles. The molecule has 0 spiro atoms. The maximum atomic E-state index is 5.34. The van der Waals surface area contributed by atoms with E-state index in [9.17, 15) is 0 Å². The molecule has 0 aromatic rings. The fraction of sp³-hybridized carbons (Fsp3) is 0.714. The van der Waals surface area contributed by atoms with Crippen LogP contribution in [0, 0.1) is 0 Å². The molecule has 0 aliphatic heterocycles. The minimum Gasteiger partial charge on any atom is -0.330 e. The lowest BCUT2D eigenvalue weighted by Gasteiger charge is -1.95. The first-order chi connectivity index (χ1) is 4.93. The van der Waals surface area contributed by atoms with Gasteiger partial charge in [-0.25, -0.2) is 0 Å². The Balaban J connectivity index is 1.72. The lowest BCUT2D eigenvalue weighted by molar-refractivity contribution is 1.15. The smallest absolute Gasteiger partial charge is 0.0160 e. The van der Waals surface area contributed by atoms with Crippen LogP contribution in [0.2, 0.25) is 0 Å². The maximum absolute atomic E-state index is 5.34. The molecule has 2 N–H and O–H groups in total. The summed E-state index contributed by atoms with van der Waals surface area (Å²) in [6, 6.07) is 0. The first-order valence-electron chi connectivity index (χ1n) is 3.56. The third-order valence-corrected chi connectivity index (χ3v) is 3.72. The van der Waals surface area contributed by atoms with Crippen molar-refractivity contribution in [2.75, 3.05) is 18.1 Å². The van der Waals surface area contributed by atoms with Crippen LogP contribution in [0.1, 0.15) is 12.8 Å². The van der Waals surface area contributed by atoms with Crippen molar-refractivity contribution in [3.05, 3.63) is 11.6 Å². The van der Waals surface area contributed by atoms with Gasteiger partial charge in [-0.1, -0.05) is 33.2 Å². The largest absolute Gasteiger partial charge is 0.330 e. The molecule has 0 unspecified atom stereocenters. The van der Waals surface area contributed by atoms with Crippen LogP contribution in [-0.4, -0.2) is 18.1 Å². The van der Waals surface area contributed by atoms with Crippen LogP contribution in [0.5, 0.6) is 0 Å². The molecule has 0 bridgehead atoms. The van der Waals surface area contributed by atoms with Crippen LogP contribution in [0.4, 0.5) is 0 Å². The van der Waals surface area contributed by atoms with E-state index >= 15 is 0 Å². The van der Waals surface area contributed by atoms with Crippen molar-refractivity contribution < 1.29 is 0 Å². The Bertz CT molecular complexity index is 123. The summed E-state index contributed by atoms with van der Waals surface area (Å²) >= 11 is 0. The second kappa shape index (κ2) is 5.10. The van der Waals surface area contributed by atoms with Crippen molar-refractivity contribution in [2.24, 2.45) is 5.73 Å².